The molecule has 0 saturated carbocycles. The highest BCUT2D eigenvalue weighted by atomic mass is 35.5. The van der Waals surface area contributed by atoms with Gasteiger partial charge in [0.25, 0.3) is 10.0 Å². The highest BCUT2D eigenvalue weighted by molar-refractivity contribution is 7.92. The van der Waals surface area contributed by atoms with Crippen molar-refractivity contribution in [2.45, 2.75) is 57.5 Å². The number of hydrogen-bond donors (Lipinski definition) is 1. The third kappa shape index (κ3) is 8.47. The molecule has 0 radical (unpaired) electrons. The van der Waals surface area contributed by atoms with Crippen LogP contribution in [0.3, 0.4) is 0 Å². The summed E-state index contributed by atoms with van der Waals surface area (Å²) in [5.41, 5.74) is 2.17. The van der Waals surface area contributed by atoms with Crippen LogP contribution in [0.5, 0.6) is 5.75 Å². The van der Waals surface area contributed by atoms with Gasteiger partial charge in [-0.1, -0.05) is 61.7 Å². The largest absolute Gasteiger partial charge is 0.497 e. The minimum absolute atomic E-state index is 0.00418. The van der Waals surface area contributed by atoms with Crippen LogP contribution in [-0.4, -0.2) is 51.4 Å². The summed E-state index contributed by atoms with van der Waals surface area (Å²) >= 11 is 6.08. The Labute approximate surface area is 248 Å². The zero-order chi connectivity index (χ0) is 30.0. The third-order valence-electron chi connectivity index (χ3n) is 6.73. The van der Waals surface area contributed by atoms with Crippen molar-refractivity contribution in [2.75, 3.05) is 24.5 Å². The molecule has 0 bridgehead atoms. The fourth-order valence-corrected chi connectivity index (χ4v) is 5.87. The molecule has 0 unspecified atom stereocenters. The predicted molar refractivity (Wildman–Crippen MR) is 163 cm³/mol. The van der Waals surface area contributed by atoms with Gasteiger partial charge in [0.15, 0.2) is 0 Å². The summed E-state index contributed by atoms with van der Waals surface area (Å²) in [6, 6.07) is 19.1. The zero-order valence-corrected chi connectivity index (χ0v) is 25.5. The number of ether oxygens (including phenoxy) is 1. The number of unbranched alkanes of at least 4 members (excludes halogenated alkanes) is 1. The lowest BCUT2D eigenvalue weighted by molar-refractivity contribution is -0.140. The van der Waals surface area contributed by atoms with E-state index in [1.165, 1.54) is 24.1 Å². The van der Waals surface area contributed by atoms with Crippen molar-refractivity contribution in [3.05, 3.63) is 88.9 Å². The molecule has 0 aliphatic heterocycles. The van der Waals surface area contributed by atoms with Crippen molar-refractivity contribution in [1.82, 2.24) is 10.2 Å². The van der Waals surface area contributed by atoms with Gasteiger partial charge in [0.1, 0.15) is 18.3 Å². The second kappa shape index (κ2) is 14.9. The number of amides is 2. The molecule has 0 heterocycles. The molecular weight excluding hydrogens is 562 g/mol. The van der Waals surface area contributed by atoms with Crippen LogP contribution in [0.2, 0.25) is 5.02 Å². The molecule has 1 N–H and O–H groups in total. The Bertz CT molecular complexity index is 1400. The Balaban J connectivity index is 2.02. The van der Waals surface area contributed by atoms with E-state index < -0.39 is 28.5 Å². The highest BCUT2D eigenvalue weighted by Crippen LogP contribution is 2.27. The van der Waals surface area contributed by atoms with E-state index >= 15 is 0 Å². The lowest BCUT2D eigenvalue weighted by Gasteiger charge is -2.33. The van der Waals surface area contributed by atoms with Gasteiger partial charge in [-0.05, 0) is 73.9 Å². The van der Waals surface area contributed by atoms with Gasteiger partial charge in [-0.2, -0.15) is 0 Å². The Morgan fingerprint density at radius 1 is 0.951 bits per heavy atom. The molecule has 3 aromatic carbocycles. The summed E-state index contributed by atoms with van der Waals surface area (Å²) in [6.07, 6.45) is 2.10. The van der Waals surface area contributed by atoms with Crippen molar-refractivity contribution in [3.63, 3.8) is 0 Å². The Morgan fingerprint density at radius 2 is 1.59 bits per heavy atom. The van der Waals surface area contributed by atoms with Gasteiger partial charge in [0.2, 0.25) is 11.8 Å². The first-order valence-corrected chi connectivity index (χ1v) is 15.5. The van der Waals surface area contributed by atoms with Crippen LogP contribution in [-0.2, 0) is 26.2 Å². The smallest absolute Gasteiger partial charge is 0.264 e. The van der Waals surface area contributed by atoms with Crippen LogP contribution >= 0.6 is 11.6 Å². The van der Waals surface area contributed by atoms with E-state index in [-0.39, 0.29) is 23.0 Å². The van der Waals surface area contributed by atoms with Crippen LogP contribution in [0.25, 0.3) is 0 Å². The third-order valence-corrected chi connectivity index (χ3v) is 8.77. The van der Waals surface area contributed by atoms with Crippen LogP contribution in [0.1, 0.15) is 44.2 Å². The number of benzene rings is 3. The molecule has 2 amide bonds. The van der Waals surface area contributed by atoms with E-state index in [0.717, 1.165) is 28.3 Å². The van der Waals surface area contributed by atoms with E-state index in [0.29, 0.717) is 23.7 Å². The molecular formula is C31H38ClN3O5S. The number of hydrogen-bond acceptors (Lipinski definition) is 5. The van der Waals surface area contributed by atoms with Crippen molar-refractivity contribution in [1.29, 1.82) is 0 Å². The second-order valence-electron chi connectivity index (χ2n) is 9.74. The Kier molecular flexibility index (Phi) is 11.6. The lowest BCUT2D eigenvalue weighted by Crippen LogP contribution is -2.52. The molecule has 0 aliphatic carbocycles. The van der Waals surface area contributed by atoms with E-state index in [1.54, 1.807) is 36.4 Å². The molecule has 41 heavy (non-hydrogen) atoms. The minimum Gasteiger partial charge on any atom is -0.497 e. The van der Waals surface area contributed by atoms with Gasteiger partial charge in [-0.3, -0.25) is 13.9 Å². The van der Waals surface area contributed by atoms with Gasteiger partial charge in [-0.25, -0.2) is 8.42 Å². The van der Waals surface area contributed by atoms with Crippen molar-refractivity contribution in [2.24, 2.45) is 0 Å². The first-order chi connectivity index (χ1) is 19.6. The number of nitrogens with zero attached hydrogens (tertiary/aromatic N) is 2. The van der Waals surface area contributed by atoms with Crippen molar-refractivity contribution >= 4 is 39.1 Å². The molecule has 0 aliphatic rings. The van der Waals surface area contributed by atoms with Gasteiger partial charge in [-0.15, -0.1) is 0 Å². The number of aryl methyl sites for hydroxylation is 1. The first kappa shape index (κ1) is 32.0. The number of sulfonamides is 1. The van der Waals surface area contributed by atoms with Gasteiger partial charge in [0, 0.05) is 18.1 Å². The average Bonchev–Trinajstić information content (AvgIpc) is 2.97. The molecule has 3 aromatic rings. The number of carbonyl (C=O) groups is 2. The topological polar surface area (TPSA) is 96.0 Å². The maximum Gasteiger partial charge on any atom is 0.264 e. The molecule has 1 atom stereocenters. The number of halogens is 1. The van der Waals surface area contributed by atoms with Crippen molar-refractivity contribution < 1.29 is 22.7 Å². The minimum atomic E-state index is -4.18. The molecule has 8 nitrogen and oxygen atoms in total. The van der Waals surface area contributed by atoms with E-state index in [4.69, 9.17) is 16.3 Å². The normalized spacial score (nSPS) is 11.9. The second-order valence-corrected chi connectivity index (χ2v) is 12.0. The van der Waals surface area contributed by atoms with Crippen molar-refractivity contribution in [3.8, 4) is 5.75 Å². The number of rotatable bonds is 14. The molecule has 3 rings (SSSR count). The lowest BCUT2D eigenvalue weighted by atomic mass is 10.1. The van der Waals surface area contributed by atoms with Crippen LogP contribution < -0.4 is 14.4 Å². The first-order valence-electron chi connectivity index (χ1n) is 13.7. The highest BCUT2D eigenvalue weighted by Gasteiger charge is 2.33. The Morgan fingerprint density at radius 3 is 2.15 bits per heavy atom. The van der Waals surface area contributed by atoms with E-state index in [1.807, 2.05) is 45.0 Å². The summed E-state index contributed by atoms with van der Waals surface area (Å²) in [4.78, 5) is 28.8. The fraction of sp³-hybridized carbons (Fsp3) is 0.355. The van der Waals surface area contributed by atoms with Crippen LogP contribution in [0.4, 0.5) is 5.69 Å². The monoisotopic (exact) mass is 599 g/mol. The average molecular weight is 600 g/mol. The quantitative estimate of drug-likeness (QED) is 0.244. The molecule has 0 spiro atoms. The number of methoxy groups -OCH3 is 1. The van der Waals surface area contributed by atoms with Crippen LogP contribution in [0.15, 0.2) is 77.7 Å². The summed E-state index contributed by atoms with van der Waals surface area (Å²) in [5.74, 6) is -0.269. The molecule has 220 valence electrons. The maximum atomic E-state index is 14.1. The summed E-state index contributed by atoms with van der Waals surface area (Å²) < 4.78 is 34.1. The SMILES string of the molecule is CCCCNC(=O)[C@H](CC)N(Cc1ccc(C)cc1)C(=O)CN(c1ccc(Cl)cc1)S(=O)(=O)c1ccc(OC)cc1. The summed E-state index contributed by atoms with van der Waals surface area (Å²) in [6.45, 7) is 5.98. The van der Waals surface area contributed by atoms with Gasteiger partial charge < -0.3 is 15.0 Å². The molecule has 10 heteroatoms. The standard InChI is InChI=1S/C31H38ClN3O5S/c1-5-7-20-33-31(37)29(6-2)34(21-24-10-8-23(3)9-11-24)30(36)22-35(26-14-12-25(32)13-15-26)41(38,39)28-18-16-27(40-4)17-19-28/h8-19,29H,5-7,20-22H2,1-4H3,(H,33,37)/t29-/m0/s1. The molecule has 0 fully saturated rings. The van der Waals surface area contributed by atoms with E-state index in [2.05, 4.69) is 5.32 Å². The molecule has 0 aromatic heterocycles. The Hall–Kier alpha value is -3.56. The maximum absolute atomic E-state index is 14.1. The molecule has 0 saturated heterocycles. The van der Waals surface area contributed by atoms with Gasteiger partial charge >= 0.3 is 0 Å². The summed E-state index contributed by atoms with van der Waals surface area (Å²) in [5, 5.41) is 3.36. The summed E-state index contributed by atoms with van der Waals surface area (Å²) in [7, 11) is -2.69. The fourth-order valence-electron chi connectivity index (χ4n) is 4.33. The number of anilines is 1. The zero-order valence-electron chi connectivity index (χ0n) is 24.0. The van der Waals surface area contributed by atoms with Crippen LogP contribution in [0, 0.1) is 6.92 Å². The number of nitrogens with one attached hydrogen (secondary N) is 1. The van der Waals surface area contributed by atoms with Gasteiger partial charge in [0.05, 0.1) is 17.7 Å². The predicted octanol–water partition coefficient (Wildman–Crippen LogP) is 5.58. The van der Waals surface area contributed by atoms with E-state index in [9.17, 15) is 18.0 Å². The number of carbonyl (C=O) groups excluding carboxylic acids is 2.